The van der Waals surface area contributed by atoms with Crippen molar-refractivity contribution in [2.45, 2.75) is 82.5 Å². The van der Waals surface area contributed by atoms with Gasteiger partial charge in [-0.3, -0.25) is 9.59 Å². The average molecular weight is 518 g/mol. The number of carbonyl (C=O) groups is 2. The van der Waals surface area contributed by atoms with Gasteiger partial charge >= 0.3 is 0 Å². The number of furan rings is 1. The molecule has 2 heterocycles. The number of para-hydroxylation sites is 2. The van der Waals surface area contributed by atoms with Gasteiger partial charge in [0.15, 0.2) is 0 Å². The molecule has 5 rings (SSSR count). The van der Waals surface area contributed by atoms with Crippen molar-refractivity contribution < 1.29 is 18.7 Å². The fraction of sp³-hybridized carbons (Fsp3) is 0.484. The first kappa shape index (κ1) is 26.3. The molecule has 1 aliphatic heterocycles. The maximum absolute atomic E-state index is 14.3. The largest absolute Gasteiger partial charge is 0.489 e. The van der Waals surface area contributed by atoms with E-state index in [0.717, 1.165) is 48.0 Å². The quantitative estimate of drug-likeness (QED) is 0.424. The molecular formula is C31H39N3O4. The third-order valence-corrected chi connectivity index (χ3v) is 8.18. The summed E-state index contributed by atoms with van der Waals surface area (Å²) in [5.74, 6) is 0.648. The third kappa shape index (κ3) is 5.88. The Labute approximate surface area is 224 Å². The first-order valence-corrected chi connectivity index (χ1v) is 14.1. The maximum Gasteiger partial charge on any atom is 0.245 e. The van der Waals surface area contributed by atoms with Gasteiger partial charge < -0.3 is 25.1 Å². The molecule has 38 heavy (non-hydrogen) atoms. The molecule has 2 aliphatic rings. The zero-order chi connectivity index (χ0) is 26.5. The smallest absolute Gasteiger partial charge is 0.245 e. The van der Waals surface area contributed by atoms with Gasteiger partial charge in [0.05, 0.1) is 18.8 Å². The van der Waals surface area contributed by atoms with Crippen LogP contribution < -0.4 is 15.8 Å². The molecule has 2 aromatic carbocycles. The number of nitrogens with zero attached hydrogens (tertiary/aromatic N) is 1. The monoisotopic (exact) mass is 517 g/mol. The molecule has 2 fully saturated rings. The van der Waals surface area contributed by atoms with Gasteiger partial charge in [-0.25, -0.2) is 0 Å². The molecule has 0 bridgehead atoms. The molecule has 1 aliphatic carbocycles. The van der Waals surface area contributed by atoms with Crippen LogP contribution in [0.4, 0.5) is 0 Å². The van der Waals surface area contributed by atoms with Crippen molar-refractivity contribution in [3.63, 3.8) is 0 Å². The van der Waals surface area contributed by atoms with E-state index in [-0.39, 0.29) is 29.9 Å². The first-order chi connectivity index (χ1) is 18.5. The van der Waals surface area contributed by atoms with Crippen molar-refractivity contribution in [3.8, 4) is 5.75 Å². The highest BCUT2D eigenvalue weighted by molar-refractivity contribution is 5.90. The number of hydrogen-bond donors (Lipinski definition) is 2. The molecule has 7 nitrogen and oxygen atoms in total. The molecule has 0 spiro atoms. The Hall–Kier alpha value is -3.32. The predicted octanol–water partition coefficient (Wildman–Crippen LogP) is 4.83. The second-order valence-corrected chi connectivity index (χ2v) is 10.8. The number of amides is 2. The van der Waals surface area contributed by atoms with Gasteiger partial charge in [0.1, 0.15) is 23.5 Å². The number of fused-ring (bicyclic) bond motifs is 1. The van der Waals surface area contributed by atoms with Gasteiger partial charge in [-0.05, 0) is 49.8 Å². The van der Waals surface area contributed by atoms with Gasteiger partial charge in [-0.15, -0.1) is 0 Å². The summed E-state index contributed by atoms with van der Waals surface area (Å²) in [5.41, 5.74) is 7.98. The van der Waals surface area contributed by atoms with Crippen molar-refractivity contribution in [1.82, 2.24) is 10.2 Å². The number of nitrogens with two attached hydrogens (primary N) is 1. The molecular weight excluding hydrogens is 478 g/mol. The van der Waals surface area contributed by atoms with Gasteiger partial charge in [0, 0.05) is 23.4 Å². The van der Waals surface area contributed by atoms with Crippen LogP contribution in [0.15, 0.2) is 65.3 Å². The lowest BCUT2D eigenvalue weighted by atomic mass is 9.83. The van der Waals surface area contributed by atoms with Crippen LogP contribution in [0, 0.1) is 5.92 Å². The molecule has 4 atom stereocenters. The van der Waals surface area contributed by atoms with Crippen LogP contribution >= 0.6 is 0 Å². The van der Waals surface area contributed by atoms with E-state index in [4.69, 9.17) is 14.9 Å². The standard InChI is InChI=1S/C31H39N3O4/c1-2-27(32)30(35)33-29(21-11-5-3-6-12-21)31(36)34-19-25(38-24-13-7-4-8-14-24)18-23(34)17-22-20-37-28-16-10-9-15-26(22)28/h4,7-10,13-16,20-21,23,25,27,29H,2-3,5-6,11-12,17-19,32H2,1H3,(H,33,35)/t23-,25+,27+,29+/m1/s1. The summed E-state index contributed by atoms with van der Waals surface area (Å²) in [5, 5.41) is 4.14. The summed E-state index contributed by atoms with van der Waals surface area (Å²) >= 11 is 0. The molecule has 1 aromatic heterocycles. The van der Waals surface area contributed by atoms with Crippen LogP contribution in [0.2, 0.25) is 0 Å². The van der Waals surface area contributed by atoms with Crippen LogP contribution in [-0.2, 0) is 16.0 Å². The summed E-state index contributed by atoms with van der Waals surface area (Å²) in [4.78, 5) is 29.1. The Kier molecular flexibility index (Phi) is 8.32. The van der Waals surface area contributed by atoms with E-state index in [1.807, 2.05) is 60.4 Å². The minimum absolute atomic E-state index is 0.0227. The van der Waals surface area contributed by atoms with Crippen LogP contribution in [0.3, 0.4) is 0 Å². The molecule has 3 aromatic rings. The molecule has 0 unspecified atom stereocenters. The van der Waals surface area contributed by atoms with Crippen molar-refractivity contribution in [2.75, 3.05) is 6.54 Å². The van der Waals surface area contributed by atoms with Crippen molar-refractivity contribution in [1.29, 1.82) is 0 Å². The van der Waals surface area contributed by atoms with Crippen LogP contribution in [0.5, 0.6) is 5.75 Å². The number of carbonyl (C=O) groups excluding carboxylic acids is 2. The average Bonchev–Trinajstić information content (AvgIpc) is 3.55. The van der Waals surface area contributed by atoms with Crippen LogP contribution in [0.1, 0.15) is 57.4 Å². The fourth-order valence-corrected chi connectivity index (χ4v) is 6.03. The zero-order valence-corrected chi connectivity index (χ0v) is 22.2. The summed E-state index contributed by atoms with van der Waals surface area (Å²) in [6, 6.07) is 16.5. The van der Waals surface area contributed by atoms with Crippen LogP contribution in [0.25, 0.3) is 11.0 Å². The highest BCUT2D eigenvalue weighted by atomic mass is 16.5. The first-order valence-electron chi connectivity index (χ1n) is 14.1. The highest BCUT2D eigenvalue weighted by Crippen LogP contribution is 2.32. The zero-order valence-electron chi connectivity index (χ0n) is 22.2. The summed E-state index contributed by atoms with van der Waals surface area (Å²) < 4.78 is 12.1. The predicted molar refractivity (Wildman–Crippen MR) is 148 cm³/mol. The van der Waals surface area contributed by atoms with Gasteiger partial charge in [-0.2, -0.15) is 0 Å². The molecule has 202 valence electrons. The highest BCUT2D eigenvalue weighted by Gasteiger charge is 2.42. The third-order valence-electron chi connectivity index (χ3n) is 8.18. The lowest BCUT2D eigenvalue weighted by Crippen LogP contribution is -2.56. The van der Waals surface area contributed by atoms with E-state index >= 15 is 0 Å². The van der Waals surface area contributed by atoms with Crippen molar-refractivity contribution in [3.05, 3.63) is 66.4 Å². The minimum Gasteiger partial charge on any atom is -0.489 e. The van der Waals surface area contributed by atoms with Gasteiger partial charge in [0.2, 0.25) is 11.8 Å². The molecule has 3 N–H and O–H groups in total. The molecule has 7 heteroatoms. The molecule has 0 radical (unpaired) electrons. The Balaban J connectivity index is 1.41. The fourth-order valence-electron chi connectivity index (χ4n) is 6.03. The number of rotatable bonds is 9. The minimum atomic E-state index is -0.616. The Morgan fingerprint density at radius 2 is 1.82 bits per heavy atom. The summed E-state index contributed by atoms with van der Waals surface area (Å²) in [7, 11) is 0. The van der Waals surface area contributed by atoms with E-state index in [1.54, 1.807) is 6.26 Å². The summed E-state index contributed by atoms with van der Waals surface area (Å²) in [6.45, 7) is 2.37. The Morgan fingerprint density at radius 3 is 2.58 bits per heavy atom. The topological polar surface area (TPSA) is 97.8 Å². The normalized spacial score (nSPS) is 21.8. The second-order valence-electron chi connectivity index (χ2n) is 10.8. The maximum atomic E-state index is 14.3. The van der Waals surface area contributed by atoms with Crippen molar-refractivity contribution in [2.24, 2.45) is 11.7 Å². The van der Waals surface area contributed by atoms with E-state index in [0.29, 0.717) is 25.8 Å². The molecule has 2 amide bonds. The van der Waals surface area contributed by atoms with Crippen LogP contribution in [-0.4, -0.2) is 47.5 Å². The van der Waals surface area contributed by atoms with E-state index < -0.39 is 12.1 Å². The van der Waals surface area contributed by atoms with Gasteiger partial charge in [0.25, 0.3) is 0 Å². The Morgan fingerprint density at radius 1 is 1.08 bits per heavy atom. The Bertz CT molecular complexity index is 1220. The van der Waals surface area contributed by atoms with Gasteiger partial charge in [-0.1, -0.05) is 62.6 Å². The lowest BCUT2D eigenvalue weighted by molar-refractivity contribution is -0.139. The molecule has 1 saturated heterocycles. The summed E-state index contributed by atoms with van der Waals surface area (Å²) in [6.07, 6.45) is 8.78. The van der Waals surface area contributed by atoms with E-state index in [2.05, 4.69) is 11.4 Å². The number of ether oxygens (including phenoxy) is 1. The van der Waals surface area contributed by atoms with Crippen molar-refractivity contribution >= 4 is 22.8 Å². The lowest BCUT2D eigenvalue weighted by Gasteiger charge is -2.35. The van der Waals surface area contributed by atoms with E-state index in [1.165, 1.54) is 6.42 Å². The molecule has 1 saturated carbocycles. The number of benzene rings is 2. The number of hydrogen-bond acceptors (Lipinski definition) is 5. The number of likely N-dealkylation sites (tertiary alicyclic amines) is 1. The van der Waals surface area contributed by atoms with E-state index in [9.17, 15) is 9.59 Å². The second kappa shape index (κ2) is 12.0. The number of nitrogens with one attached hydrogen (secondary N) is 1. The SMILES string of the molecule is CC[C@H](N)C(=O)N[C@H](C(=O)N1C[C@@H](Oc2ccccc2)C[C@H]1Cc1coc2ccccc12)C1CCCCC1.